The number of hydrogen-bond donors (Lipinski definition) is 3. The average Bonchev–Trinajstić information content (AvgIpc) is 3.24. The van der Waals surface area contributed by atoms with Gasteiger partial charge in [-0.1, -0.05) is 0 Å². The molecule has 188 valence electrons. The van der Waals surface area contributed by atoms with E-state index in [1.165, 1.54) is 26.1 Å². The second kappa shape index (κ2) is 8.98. The molecule has 2 amide bonds. The number of aliphatic hydroxyl groups is 1. The number of aliphatic hydroxyl groups excluding tert-OH is 1. The fraction of sp³-hybridized carbons (Fsp3) is 0.440. The summed E-state index contributed by atoms with van der Waals surface area (Å²) in [6.07, 6.45) is 4.91. The lowest BCUT2D eigenvalue weighted by Crippen LogP contribution is -2.40. The van der Waals surface area contributed by atoms with Crippen LogP contribution >= 0.6 is 0 Å². The number of aromatic amines is 1. The summed E-state index contributed by atoms with van der Waals surface area (Å²) in [5.41, 5.74) is 2.65. The van der Waals surface area contributed by atoms with E-state index in [9.17, 15) is 14.7 Å². The molecule has 11 heteroatoms. The first-order valence-corrected chi connectivity index (χ1v) is 12.1. The third kappa shape index (κ3) is 4.09. The molecule has 0 unspecified atom stereocenters. The molecule has 11 nitrogen and oxygen atoms in total. The zero-order valence-electron chi connectivity index (χ0n) is 19.8. The molecule has 3 aliphatic rings. The lowest BCUT2D eigenvalue weighted by Gasteiger charge is -2.18. The molecule has 4 heterocycles. The summed E-state index contributed by atoms with van der Waals surface area (Å²) in [5.74, 6) is 1.73. The Labute approximate surface area is 206 Å². The van der Waals surface area contributed by atoms with Gasteiger partial charge in [0.25, 0.3) is 11.8 Å². The third-order valence-electron chi connectivity index (χ3n) is 6.81. The van der Waals surface area contributed by atoms with Gasteiger partial charge in [-0.05, 0) is 44.2 Å². The maximum absolute atomic E-state index is 13.2. The maximum atomic E-state index is 13.2. The van der Waals surface area contributed by atoms with Crippen LogP contribution in [0, 0.1) is 5.92 Å². The summed E-state index contributed by atoms with van der Waals surface area (Å²) in [6, 6.07) is 3.47. The van der Waals surface area contributed by atoms with Gasteiger partial charge in [-0.25, -0.2) is 9.97 Å². The van der Waals surface area contributed by atoms with Gasteiger partial charge in [-0.2, -0.15) is 0 Å². The average molecular weight is 494 g/mol. The molecule has 0 spiro atoms. The number of nitrogens with one attached hydrogen (secondary N) is 2. The fourth-order valence-electron chi connectivity index (χ4n) is 4.70. The Bertz CT molecular complexity index is 1330. The second-order valence-electron chi connectivity index (χ2n) is 9.49. The predicted molar refractivity (Wildman–Crippen MR) is 128 cm³/mol. The molecule has 3 aromatic rings. The number of carbonyl (C=O) groups is 2. The van der Waals surface area contributed by atoms with Crippen molar-refractivity contribution in [2.75, 3.05) is 26.5 Å². The summed E-state index contributed by atoms with van der Waals surface area (Å²) in [5, 5.41) is 12.5. The number of hydrogen-bond acceptors (Lipinski definition) is 8. The van der Waals surface area contributed by atoms with Gasteiger partial charge in [0.1, 0.15) is 29.4 Å². The van der Waals surface area contributed by atoms with Crippen LogP contribution in [-0.4, -0.2) is 75.4 Å². The van der Waals surface area contributed by atoms with Crippen LogP contribution in [0.1, 0.15) is 36.5 Å². The van der Waals surface area contributed by atoms with Crippen LogP contribution in [0.25, 0.3) is 22.3 Å². The quantitative estimate of drug-likeness (QED) is 0.453. The van der Waals surface area contributed by atoms with Gasteiger partial charge in [0.2, 0.25) is 6.79 Å². The molecule has 2 fully saturated rings. The molecule has 2 aromatic heterocycles. The zero-order valence-corrected chi connectivity index (χ0v) is 19.8. The van der Waals surface area contributed by atoms with E-state index in [1.54, 1.807) is 11.1 Å². The number of fused-ring (bicyclic) bond motifs is 2. The summed E-state index contributed by atoms with van der Waals surface area (Å²) >= 11 is 0. The van der Waals surface area contributed by atoms with Crippen molar-refractivity contribution in [2.45, 2.75) is 38.3 Å². The van der Waals surface area contributed by atoms with Gasteiger partial charge in [0.05, 0.1) is 23.3 Å². The van der Waals surface area contributed by atoms with Gasteiger partial charge >= 0.3 is 0 Å². The van der Waals surface area contributed by atoms with E-state index in [1.807, 2.05) is 12.1 Å². The molecule has 2 aliphatic heterocycles. The summed E-state index contributed by atoms with van der Waals surface area (Å²) in [7, 11) is 0. The Hall–Kier alpha value is -3.86. The Balaban J connectivity index is 1.29. The highest BCUT2D eigenvalue weighted by atomic mass is 16.7. The molecule has 1 saturated heterocycles. The van der Waals surface area contributed by atoms with Crippen LogP contribution in [0.4, 0.5) is 0 Å². The van der Waals surface area contributed by atoms with E-state index in [0.29, 0.717) is 77.1 Å². The Morgan fingerprint density at radius 1 is 1.28 bits per heavy atom. The SMILES string of the molecule is C[C@H](O)C(=O)N1CC[C@@H](NC(=O)c2c[nH]c3c(-c4c(OCC5CC5)ccc5c4OCO5)ncnc23)C1. The number of likely N-dealkylation sites (tertiary alicyclic amines) is 1. The van der Waals surface area contributed by atoms with Crippen molar-refractivity contribution in [3.8, 4) is 28.5 Å². The number of nitrogens with zero attached hydrogens (tertiary/aromatic N) is 3. The highest BCUT2D eigenvalue weighted by Crippen LogP contribution is 2.48. The lowest BCUT2D eigenvalue weighted by atomic mass is 10.1. The van der Waals surface area contributed by atoms with Crippen molar-refractivity contribution in [3.05, 3.63) is 30.2 Å². The van der Waals surface area contributed by atoms with Crippen LogP contribution in [0.5, 0.6) is 17.2 Å². The molecule has 36 heavy (non-hydrogen) atoms. The van der Waals surface area contributed by atoms with Crippen LogP contribution < -0.4 is 19.5 Å². The highest BCUT2D eigenvalue weighted by molar-refractivity contribution is 6.08. The van der Waals surface area contributed by atoms with Crippen molar-refractivity contribution in [2.24, 2.45) is 5.92 Å². The van der Waals surface area contributed by atoms with Gasteiger partial charge in [0, 0.05) is 25.3 Å². The molecule has 2 atom stereocenters. The van der Waals surface area contributed by atoms with E-state index >= 15 is 0 Å². The topological polar surface area (TPSA) is 139 Å². The maximum Gasteiger partial charge on any atom is 0.255 e. The lowest BCUT2D eigenvalue weighted by molar-refractivity contribution is -0.138. The van der Waals surface area contributed by atoms with Crippen molar-refractivity contribution >= 4 is 22.8 Å². The number of rotatable bonds is 7. The smallest absolute Gasteiger partial charge is 0.255 e. The van der Waals surface area contributed by atoms with Crippen molar-refractivity contribution in [3.63, 3.8) is 0 Å². The molecule has 0 radical (unpaired) electrons. The minimum Gasteiger partial charge on any atom is -0.492 e. The first kappa shape index (κ1) is 22.6. The van der Waals surface area contributed by atoms with Crippen LogP contribution in [0.3, 0.4) is 0 Å². The third-order valence-corrected chi connectivity index (χ3v) is 6.81. The minimum atomic E-state index is -1.06. The summed E-state index contributed by atoms with van der Waals surface area (Å²) in [6.45, 7) is 3.01. The number of ether oxygens (including phenoxy) is 3. The molecule has 3 N–H and O–H groups in total. The molecular weight excluding hydrogens is 466 g/mol. The molecule has 1 saturated carbocycles. The largest absolute Gasteiger partial charge is 0.492 e. The van der Waals surface area contributed by atoms with E-state index in [2.05, 4.69) is 20.3 Å². The molecular formula is C25H27N5O6. The first-order chi connectivity index (χ1) is 17.5. The van der Waals surface area contributed by atoms with E-state index < -0.39 is 6.10 Å². The summed E-state index contributed by atoms with van der Waals surface area (Å²) < 4.78 is 17.5. The van der Waals surface area contributed by atoms with Crippen LogP contribution in [0.2, 0.25) is 0 Å². The minimum absolute atomic E-state index is 0.108. The standard InChI is InChI=1S/C25H27N5O6/c1-13(31)25(33)30-7-6-15(9-30)29-24(32)16-8-26-22-20(16)27-11-28-21(22)19-17(34-10-14-2-3-14)4-5-18-23(19)36-12-35-18/h4-5,8,11,13-15,26,31H,2-3,6-7,9-10,12H2,1H3,(H,29,32)/t13-,15+/m0/s1. The Morgan fingerprint density at radius 2 is 2.14 bits per heavy atom. The fourth-order valence-corrected chi connectivity index (χ4v) is 4.70. The number of aromatic nitrogens is 3. The van der Waals surface area contributed by atoms with Gasteiger partial charge in [0.15, 0.2) is 11.5 Å². The van der Waals surface area contributed by atoms with Crippen LogP contribution in [-0.2, 0) is 4.79 Å². The van der Waals surface area contributed by atoms with Gasteiger partial charge in [-0.15, -0.1) is 0 Å². The van der Waals surface area contributed by atoms with Gasteiger partial charge in [-0.3, -0.25) is 9.59 Å². The van der Waals surface area contributed by atoms with E-state index in [0.717, 1.165) is 0 Å². The van der Waals surface area contributed by atoms with Crippen LogP contribution in [0.15, 0.2) is 24.7 Å². The molecule has 6 rings (SSSR count). The normalized spacial score (nSPS) is 19.5. The Kier molecular flexibility index (Phi) is 5.63. The first-order valence-electron chi connectivity index (χ1n) is 12.1. The molecule has 1 aliphatic carbocycles. The van der Waals surface area contributed by atoms with Gasteiger partial charge < -0.3 is 34.5 Å². The zero-order chi connectivity index (χ0) is 24.8. The van der Waals surface area contributed by atoms with E-state index in [-0.39, 0.29) is 24.6 Å². The van der Waals surface area contributed by atoms with Crippen molar-refractivity contribution in [1.29, 1.82) is 0 Å². The Morgan fingerprint density at radius 3 is 2.94 bits per heavy atom. The number of amides is 2. The highest BCUT2D eigenvalue weighted by Gasteiger charge is 2.31. The number of carbonyl (C=O) groups excluding carboxylic acids is 2. The monoisotopic (exact) mass is 493 g/mol. The van der Waals surface area contributed by atoms with E-state index in [4.69, 9.17) is 14.2 Å². The molecule has 1 aromatic carbocycles. The number of benzene rings is 1. The molecule has 0 bridgehead atoms. The number of H-pyrrole nitrogens is 1. The predicted octanol–water partition coefficient (Wildman–Crippen LogP) is 1.85. The summed E-state index contributed by atoms with van der Waals surface area (Å²) in [4.78, 5) is 38.8. The second-order valence-corrected chi connectivity index (χ2v) is 9.49. The van der Waals surface area contributed by atoms with Crippen molar-refractivity contribution in [1.82, 2.24) is 25.2 Å². The van der Waals surface area contributed by atoms with Crippen molar-refractivity contribution < 1.29 is 28.9 Å².